The number of hydrogen-bond acceptors (Lipinski definition) is 3. The van der Waals surface area contributed by atoms with Gasteiger partial charge in [0.1, 0.15) is 0 Å². The van der Waals surface area contributed by atoms with Crippen molar-refractivity contribution in [1.29, 1.82) is 0 Å². The number of nitrogens with one attached hydrogen (secondary N) is 2. The third-order valence-electron chi connectivity index (χ3n) is 2.08. The van der Waals surface area contributed by atoms with Crippen molar-refractivity contribution < 1.29 is 5.11 Å². The van der Waals surface area contributed by atoms with Gasteiger partial charge in [0, 0.05) is 6.04 Å². The fourth-order valence-electron chi connectivity index (χ4n) is 1.23. The first-order chi connectivity index (χ1) is 5.77. The molecule has 1 aliphatic heterocycles. The molecule has 0 amide bonds. The molecular formula is C7H15N3OS. The molecule has 0 aromatic rings. The maximum Gasteiger partial charge on any atom is 0.168 e. The van der Waals surface area contributed by atoms with Crippen molar-refractivity contribution in [3.8, 4) is 0 Å². The van der Waals surface area contributed by atoms with Crippen molar-refractivity contribution in [2.24, 2.45) is 0 Å². The lowest BCUT2D eigenvalue weighted by atomic mass is 10.2. The van der Waals surface area contributed by atoms with Gasteiger partial charge in [-0.25, -0.2) is 0 Å². The van der Waals surface area contributed by atoms with E-state index in [0.717, 1.165) is 19.8 Å². The quantitative estimate of drug-likeness (QED) is 0.520. The molecule has 0 aromatic heterocycles. The van der Waals surface area contributed by atoms with Gasteiger partial charge in [-0.15, -0.1) is 0 Å². The van der Waals surface area contributed by atoms with Crippen molar-refractivity contribution >= 4 is 17.3 Å². The Hall–Kier alpha value is -0.390. The zero-order chi connectivity index (χ0) is 8.97. The summed E-state index contributed by atoms with van der Waals surface area (Å²) in [5.41, 5.74) is 0. The van der Waals surface area contributed by atoms with E-state index in [4.69, 9.17) is 17.3 Å². The Morgan fingerprint density at radius 3 is 2.58 bits per heavy atom. The molecule has 0 spiro atoms. The summed E-state index contributed by atoms with van der Waals surface area (Å²) >= 11 is 4.91. The number of hydrogen-bond donors (Lipinski definition) is 3. The van der Waals surface area contributed by atoms with Crippen LogP contribution in [0.2, 0.25) is 0 Å². The Bertz CT molecular complexity index is 151. The van der Waals surface area contributed by atoms with E-state index >= 15 is 0 Å². The van der Waals surface area contributed by atoms with Crippen LogP contribution in [0.15, 0.2) is 0 Å². The van der Waals surface area contributed by atoms with E-state index in [1.54, 1.807) is 0 Å². The second-order valence-electron chi connectivity index (χ2n) is 2.83. The fraction of sp³-hybridized carbons (Fsp3) is 0.857. The van der Waals surface area contributed by atoms with Crippen LogP contribution in [0.25, 0.3) is 0 Å². The van der Waals surface area contributed by atoms with Gasteiger partial charge in [0.05, 0.1) is 19.9 Å². The Morgan fingerprint density at radius 1 is 1.58 bits per heavy atom. The minimum Gasteiger partial charge on any atom is -0.395 e. The molecule has 0 unspecified atom stereocenters. The highest BCUT2D eigenvalue weighted by molar-refractivity contribution is 7.80. The lowest BCUT2D eigenvalue weighted by molar-refractivity contribution is 0.106. The Labute approximate surface area is 77.9 Å². The molecule has 1 atom stereocenters. The van der Waals surface area contributed by atoms with Gasteiger partial charge in [-0.1, -0.05) is 6.92 Å². The molecule has 4 nitrogen and oxygen atoms in total. The van der Waals surface area contributed by atoms with E-state index in [9.17, 15) is 0 Å². The Morgan fingerprint density at radius 2 is 2.17 bits per heavy atom. The third kappa shape index (κ3) is 2.30. The van der Waals surface area contributed by atoms with Crippen LogP contribution in [-0.2, 0) is 0 Å². The second kappa shape index (κ2) is 4.59. The zero-order valence-electron chi connectivity index (χ0n) is 7.21. The molecule has 70 valence electrons. The molecule has 0 aliphatic carbocycles. The topological polar surface area (TPSA) is 47.5 Å². The van der Waals surface area contributed by atoms with Crippen LogP contribution < -0.4 is 10.6 Å². The second-order valence-corrected chi connectivity index (χ2v) is 3.24. The first-order valence-corrected chi connectivity index (χ1v) is 4.55. The van der Waals surface area contributed by atoms with Crippen molar-refractivity contribution in [1.82, 2.24) is 15.5 Å². The molecule has 1 fully saturated rings. The molecule has 1 heterocycles. The van der Waals surface area contributed by atoms with Crippen molar-refractivity contribution in [2.45, 2.75) is 19.4 Å². The van der Waals surface area contributed by atoms with Crippen LogP contribution in [0, 0.1) is 0 Å². The number of nitrogens with zero attached hydrogens (tertiary/aromatic N) is 1. The van der Waals surface area contributed by atoms with E-state index in [1.165, 1.54) is 0 Å². The number of rotatable bonds is 3. The summed E-state index contributed by atoms with van der Waals surface area (Å²) in [5, 5.41) is 15.7. The molecule has 1 aliphatic rings. The van der Waals surface area contributed by atoms with Gasteiger partial charge < -0.3 is 15.7 Å². The van der Waals surface area contributed by atoms with Crippen LogP contribution in [-0.4, -0.2) is 41.1 Å². The van der Waals surface area contributed by atoms with Crippen LogP contribution >= 0.6 is 12.2 Å². The maximum absolute atomic E-state index is 9.01. The monoisotopic (exact) mass is 189 g/mol. The summed E-state index contributed by atoms with van der Waals surface area (Å²) < 4.78 is 0. The molecule has 0 aromatic carbocycles. The average Bonchev–Trinajstić information content (AvgIpc) is 2.10. The molecule has 12 heavy (non-hydrogen) atoms. The zero-order valence-corrected chi connectivity index (χ0v) is 8.02. The van der Waals surface area contributed by atoms with Gasteiger partial charge in [0.15, 0.2) is 5.11 Å². The lowest BCUT2D eigenvalue weighted by Crippen LogP contribution is -2.57. The first-order valence-electron chi connectivity index (χ1n) is 4.14. The summed E-state index contributed by atoms with van der Waals surface area (Å²) in [6.07, 6.45) is 0.951. The van der Waals surface area contributed by atoms with E-state index < -0.39 is 0 Å². The fourth-order valence-corrected chi connectivity index (χ4v) is 1.36. The Balaban J connectivity index is 2.37. The molecule has 5 heteroatoms. The van der Waals surface area contributed by atoms with Crippen molar-refractivity contribution in [3.05, 3.63) is 0 Å². The molecular weight excluding hydrogens is 174 g/mol. The van der Waals surface area contributed by atoms with E-state index in [-0.39, 0.29) is 12.6 Å². The van der Waals surface area contributed by atoms with E-state index in [0.29, 0.717) is 5.11 Å². The highest BCUT2D eigenvalue weighted by atomic mass is 32.1. The van der Waals surface area contributed by atoms with Crippen LogP contribution in [0.5, 0.6) is 0 Å². The largest absolute Gasteiger partial charge is 0.395 e. The molecule has 1 rings (SSSR count). The normalized spacial score (nSPS) is 21.3. The third-order valence-corrected chi connectivity index (χ3v) is 2.37. The summed E-state index contributed by atoms with van der Waals surface area (Å²) in [6, 6.07) is 0.230. The molecule has 3 N–H and O–H groups in total. The van der Waals surface area contributed by atoms with E-state index in [1.807, 2.05) is 0 Å². The molecule has 0 bridgehead atoms. The smallest absolute Gasteiger partial charge is 0.168 e. The van der Waals surface area contributed by atoms with Gasteiger partial charge in [0.2, 0.25) is 0 Å². The summed E-state index contributed by atoms with van der Waals surface area (Å²) in [6.45, 7) is 3.72. The van der Waals surface area contributed by atoms with Crippen LogP contribution in [0.3, 0.4) is 0 Å². The van der Waals surface area contributed by atoms with Gasteiger partial charge in [-0.05, 0) is 18.6 Å². The van der Waals surface area contributed by atoms with Gasteiger partial charge >= 0.3 is 0 Å². The Kier molecular flexibility index (Phi) is 3.71. The highest BCUT2D eigenvalue weighted by Gasteiger charge is 2.18. The summed E-state index contributed by atoms with van der Waals surface area (Å²) in [4.78, 5) is 2.12. The molecule has 0 saturated carbocycles. The van der Waals surface area contributed by atoms with Crippen LogP contribution in [0.4, 0.5) is 0 Å². The summed E-state index contributed by atoms with van der Waals surface area (Å²) in [5.74, 6) is 0. The molecule has 0 radical (unpaired) electrons. The standard InChI is InChI=1S/C7H15N3OS/c1-2-6(3-11)10-4-8-7(12)9-5-10/h6,11H,2-5H2,1H3,(H2,8,9,12)/t6-/m0/s1. The highest BCUT2D eigenvalue weighted by Crippen LogP contribution is 2.02. The van der Waals surface area contributed by atoms with Gasteiger partial charge in [-0.2, -0.15) is 0 Å². The van der Waals surface area contributed by atoms with Gasteiger partial charge in [-0.3, -0.25) is 4.90 Å². The minimum atomic E-state index is 0.201. The minimum absolute atomic E-state index is 0.201. The molecule has 1 saturated heterocycles. The van der Waals surface area contributed by atoms with Gasteiger partial charge in [0.25, 0.3) is 0 Å². The van der Waals surface area contributed by atoms with Crippen LogP contribution in [0.1, 0.15) is 13.3 Å². The van der Waals surface area contributed by atoms with E-state index in [2.05, 4.69) is 22.5 Å². The maximum atomic E-state index is 9.01. The van der Waals surface area contributed by atoms with Crippen molar-refractivity contribution in [3.63, 3.8) is 0 Å². The van der Waals surface area contributed by atoms with Crippen molar-refractivity contribution in [2.75, 3.05) is 19.9 Å². The predicted molar refractivity (Wildman–Crippen MR) is 51.6 cm³/mol. The first kappa shape index (κ1) is 9.70. The average molecular weight is 189 g/mol. The predicted octanol–water partition coefficient (Wildman–Crippen LogP) is -0.548. The lowest BCUT2D eigenvalue weighted by Gasteiger charge is -2.34. The number of aliphatic hydroxyl groups excluding tert-OH is 1. The number of thiocarbonyl (C=S) groups is 1. The SMILES string of the molecule is CC[C@@H](CO)N1CNC(=S)NC1. The summed E-state index contributed by atoms with van der Waals surface area (Å²) in [7, 11) is 0. The number of aliphatic hydroxyl groups is 1.